The van der Waals surface area contributed by atoms with Crippen LogP contribution in [0.2, 0.25) is 5.02 Å². The summed E-state index contributed by atoms with van der Waals surface area (Å²) in [6.07, 6.45) is 1.31. The Balaban J connectivity index is 1.47. The van der Waals surface area contributed by atoms with E-state index in [0.29, 0.717) is 37.5 Å². The maximum absolute atomic E-state index is 12.5. The van der Waals surface area contributed by atoms with Crippen molar-refractivity contribution in [3.8, 4) is 0 Å². The minimum absolute atomic E-state index is 0.0657. The summed E-state index contributed by atoms with van der Waals surface area (Å²) in [5, 5.41) is 3.39. The minimum Gasteiger partial charge on any atom is -0.325 e. The summed E-state index contributed by atoms with van der Waals surface area (Å²) in [7, 11) is -3.57. The first-order chi connectivity index (χ1) is 13.3. The summed E-state index contributed by atoms with van der Waals surface area (Å²) < 4.78 is 27.7. The van der Waals surface area contributed by atoms with Crippen LogP contribution in [0.5, 0.6) is 0 Å². The van der Waals surface area contributed by atoms with Gasteiger partial charge in [0, 0.05) is 29.8 Å². The van der Waals surface area contributed by atoms with Crippen LogP contribution in [0.15, 0.2) is 53.4 Å². The van der Waals surface area contributed by atoms with Gasteiger partial charge in [-0.05, 0) is 56.2 Å². The Morgan fingerprint density at radius 1 is 1.07 bits per heavy atom. The maximum Gasteiger partial charge on any atom is 0.240 e. The second-order valence-electron chi connectivity index (χ2n) is 7.04. The lowest BCUT2D eigenvalue weighted by molar-refractivity contribution is -0.117. The van der Waals surface area contributed by atoms with Gasteiger partial charge in [-0.1, -0.05) is 29.3 Å². The molecular weight excluding hydrogens is 398 g/mol. The monoisotopic (exact) mass is 421 g/mol. The quantitative estimate of drug-likeness (QED) is 0.751. The molecule has 0 atom stereocenters. The lowest BCUT2D eigenvalue weighted by Gasteiger charge is -2.31. The number of carbonyl (C=O) groups is 1. The van der Waals surface area contributed by atoms with Crippen molar-refractivity contribution in [1.29, 1.82) is 0 Å². The van der Waals surface area contributed by atoms with E-state index in [1.165, 1.54) is 12.1 Å². The topological polar surface area (TPSA) is 78.5 Å². The number of aryl methyl sites for hydroxylation is 1. The highest BCUT2D eigenvalue weighted by molar-refractivity contribution is 7.89. The molecule has 2 aromatic carbocycles. The molecule has 0 radical (unpaired) electrons. The van der Waals surface area contributed by atoms with Gasteiger partial charge in [0.2, 0.25) is 15.9 Å². The van der Waals surface area contributed by atoms with E-state index < -0.39 is 10.0 Å². The normalized spacial score (nSPS) is 16.1. The molecule has 1 amide bonds. The van der Waals surface area contributed by atoms with Crippen molar-refractivity contribution in [1.82, 2.24) is 9.62 Å². The number of halogens is 1. The fourth-order valence-corrected chi connectivity index (χ4v) is 4.58. The van der Waals surface area contributed by atoms with E-state index in [-0.39, 0.29) is 16.8 Å². The van der Waals surface area contributed by atoms with Gasteiger partial charge in [-0.15, -0.1) is 0 Å². The highest BCUT2D eigenvalue weighted by Crippen LogP contribution is 2.17. The van der Waals surface area contributed by atoms with Gasteiger partial charge in [0.1, 0.15) is 0 Å². The van der Waals surface area contributed by atoms with E-state index in [0.717, 1.165) is 11.3 Å². The summed E-state index contributed by atoms with van der Waals surface area (Å²) >= 11 is 5.82. The molecule has 3 rings (SSSR count). The van der Waals surface area contributed by atoms with Gasteiger partial charge < -0.3 is 5.32 Å². The van der Waals surface area contributed by atoms with Crippen LogP contribution in [-0.4, -0.2) is 44.9 Å². The van der Waals surface area contributed by atoms with Gasteiger partial charge in [-0.2, -0.15) is 0 Å². The summed E-state index contributed by atoms with van der Waals surface area (Å²) in [5.41, 5.74) is 1.92. The van der Waals surface area contributed by atoms with E-state index in [1.807, 2.05) is 36.1 Å². The molecule has 1 heterocycles. The van der Waals surface area contributed by atoms with Crippen molar-refractivity contribution in [2.45, 2.75) is 30.7 Å². The second kappa shape index (κ2) is 9.05. The van der Waals surface area contributed by atoms with Crippen LogP contribution in [0, 0.1) is 6.92 Å². The first-order valence-electron chi connectivity index (χ1n) is 9.18. The number of carbonyl (C=O) groups excluding carboxylic acids is 1. The van der Waals surface area contributed by atoms with E-state index in [1.54, 1.807) is 12.1 Å². The van der Waals surface area contributed by atoms with Gasteiger partial charge in [-0.25, -0.2) is 13.1 Å². The molecule has 1 saturated heterocycles. The summed E-state index contributed by atoms with van der Waals surface area (Å²) in [6.45, 7) is 3.62. The Labute approximate surface area is 170 Å². The lowest BCUT2D eigenvalue weighted by Crippen LogP contribution is -2.46. The summed E-state index contributed by atoms with van der Waals surface area (Å²) in [6, 6.07) is 13.6. The van der Waals surface area contributed by atoms with Crippen LogP contribution in [0.1, 0.15) is 18.4 Å². The Hall–Kier alpha value is -1.93. The van der Waals surface area contributed by atoms with Crippen molar-refractivity contribution in [3.05, 3.63) is 59.1 Å². The lowest BCUT2D eigenvalue weighted by atomic mass is 10.1. The Bertz CT molecular complexity index is 907. The fraction of sp³-hybridized carbons (Fsp3) is 0.350. The molecule has 2 aromatic rings. The molecule has 0 bridgehead atoms. The predicted octanol–water partition coefficient (Wildman–Crippen LogP) is 3.03. The van der Waals surface area contributed by atoms with Crippen LogP contribution >= 0.6 is 11.6 Å². The number of hydrogen-bond acceptors (Lipinski definition) is 4. The molecule has 8 heteroatoms. The number of sulfonamides is 1. The average Bonchev–Trinajstić information content (AvgIpc) is 2.65. The number of likely N-dealkylation sites (tertiary alicyclic amines) is 1. The number of benzene rings is 2. The Kier molecular flexibility index (Phi) is 6.72. The first-order valence-corrected chi connectivity index (χ1v) is 11.0. The van der Waals surface area contributed by atoms with E-state index >= 15 is 0 Å². The van der Waals surface area contributed by atoms with Gasteiger partial charge >= 0.3 is 0 Å². The van der Waals surface area contributed by atoms with Crippen molar-refractivity contribution in [2.75, 3.05) is 25.0 Å². The zero-order valence-electron chi connectivity index (χ0n) is 15.7. The molecule has 0 aliphatic carbocycles. The number of amides is 1. The van der Waals surface area contributed by atoms with Crippen LogP contribution in [0.3, 0.4) is 0 Å². The number of nitrogens with one attached hydrogen (secondary N) is 2. The highest BCUT2D eigenvalue weighted by atomic mass is 35.5. The van der Waals surface area contributed by atoms with Crippen molar-refractivity contribution in [3.63, 3.8) is 0 Å². The molecule has 6 nitrogen and oxygen atoms in total. The zero-order valence-corrected chi connectivity index (χ0v) is 17.3. The number of hydrogen-bond donors (Lipinski definition) is 2. The van der Waals surface area contributed by atoms with E-state index in [4.69, 9.17) is 11.6 Å². The fourth-order valence-electron chi connectivity index (χ4n) is 3.15. The molecule has 0 saturated carbocycles. The van der Waals surface area contributed by atoms with Gasteiger partial charge in [0.15, 0.2) is 0 Å². The minimum atomic E-state index is -3.57. The van der Waals surface area contributed by atoms with Crippen LogP contribution < -0.4 is 10.0 Å². The SMILES string of the molecule is Cc1ccc(NC(=O)CN2CCC(NS(=O)(=O)c3ccc(Cl)cc3)CC2)cc1. The molecule has 1 fully saturated rings. The zero-order chi connectivity index (χ0) is 20.1. The molecule has 1 aliphatic rings. The number of rotatable bonds is 6. The third kappa shape index (κ3) is 5.78. The van der Waals surface area contributed by atoms with Gasteiger partial charge in [0.25, 0.3) is 0 Å². The predicted molar refractivity (Wildman–Crippen MR) is 111 cm³/mol. The molecule has 1 aliphatic heterocycles. The summed E-state index contributed by atoms with van der Waals surface area (Å²) in [5.74, 6) is -0.0657. The molecule has 150 valence electrons. The third-order valence-electron chi connectivity index (χ3n) is 4.74. The number of nitrogens with zero attached hydrogens (tertiary/aromatic N) is 1. The van der Waals surface area contributed by atoms with Crippen molar-refractivity contribution in [2.24, 2.45) is 0 Å². The molecule has 28 heavy (non-hydrogen) atoms. The molecule has 0 spiro atoms. The Morgan fingerprint density at radius 2 is 1.68 bits per heavy atom. The second-order valence-corrected chi connectivity index (χ2v) is 9.19. The standard InChI is InChI=1S/C20H24ClN3O3S/c1-15-2-6-17(7-3-15)22-20(25)14-24-12-10-18(11-13-24)23-28(26,27)19-8-4-16(21)5-9-19/h2-9,18,23H,10-14H2,1H3,(H,22,25). The van der Waals surface area contributed by atoms with Gasteiger partial charge in [0.05, 0.1) is 11.4 Å². The highest BCUT2D eigenvalue weighted by Gasteiger charge is 2.25. The van der Waals surface area contributed by atoms with Crippen LogP contribution in [0.4, 0.5) is 5.69 Å². The first kappa shape index (κ1) is 20.8. The van der Waals surface area contributed by atoms with E-state index in [9.17, 15) is 13.2 Å². The van der Waals surface area contributed by atoms with Crippen molar-refractivity contribution < 1.29 is 13.2 Å². The van der Waals surface area contributed by atoms with Gasteiger partial charge in [-0.3, -0.25) is 9.69 Å². The van der Waals surface area contributed by atoms with Crippen LogP contribution in [0.25, 0.3) is 0 Å². The van der Waals surface area contributed by atoms with E-state index in [2.05, 4.69) is 10.0 Å². The smallest absolute Gasteiger partial charge is 0.240 e. The molecular formula is C20H24ClN3O3S. The van der Waals surface area contributed by atoms with Crippen LogP contribution in [-0.2, 0) is 14.8 Å². The molecule has 0 unspecified atom stereocenters. The maximum atomic E-state index is 12.5. The number of piperidine rings is 1. The summed E-state index contributed by atoms with van der Waals surface area (Å²) in [4.78, 5) is 14.5. The third-order valence-corrected chi connectivity index (χ3v) is 6.52. The molecule has 0 aromatic heterocycles. The largest absolute Gasteiger partial charge is 0.325 e. The molecule has 2 N–H and O–H groups in total. The van der Waals surface area contributed by atoms with Crippen molar-refractivity contribution >= 4 is 33.2 Å². The number of anilines is 1. The Morgan fingerprint density at radius 3 is 2.29 bits per heavy atom. The average molecular weight is 422 g/mol.